The van der Waals surface area contributed by atoms with E-state index in [1.165, 1.54) is 24.0 Å². The van der Waals surface area contributed by atoms with Crippen molar-refractivity contribution in [2.24, 2.45) is 0 Å². The van der Waals surface area contributed by atoms with E-state index < -0.39 is 0 Å². The molecule has 0 radical (unpaired) electrons. The number of aliphatic hydroxyl groups excluding tert-OH is 1. The molecular formula is C13H20N2OS. The smallest absolute Gasteiger partial charge is 0.0989 e. The number of hydrogen-bond acceptors (Lipinski definition) is 4. The third kappa shape index (κ3) is 4.30. The molecule has 17 heavy (non-hydrogen) atoms. The van der Waals surface area contributed by atoms with E-state index >= 15 is 0 Å². The SMILES string of the molecule is Cc1cc(CNC2CC2)cnc1SCCCO. The van der Waals surface area contributed by atoms with Crippen molar-refractivity contribution in [1.29, 1.82) is 0 Å². The fourth-order valence-electron chi connectivity index (χ4n) is 1.65. The Morgan fingerprint density at radius 2 is 2.35 bits per heavy atom. The van der Waals surface area contributed by atoms with Crippen LogP contribution in [-0.2, 0) is 6.54 Å². The number of pyridine rings is 1. The molecule has 0 saturated heterocycles. The van der Waals surface area contributed by atoms with E-state index in [1.54, 1.807) is 11.8 Å². The standard InChI is InChI=1S/C13H20N2OS/c1-10-7-11(8-14-12-3-4-12)9-15-13(10)17-6-2-5-16/h7,9,12,14,16H,2-6,8H2,1H3. The Hall–Kier alpha value is -0.580. The lowest BCUT2D eigenvalue weighted by atomic mass is 10.2. The van der Waals surface area contributed by atoms with Gasteiger partial charge in [-0.25, -0.2) is 4.98 Å². The molecule has 0 spiro atoms. The van der Waals surface area contributed by atoms with E-state index in [1.807, 2.05) is 6.20 Å². The first kappa shape index (κ1) is 12.9. The molecule has 4 heteroatoms. The lowest BCUT2D eigenvalue weighted by molar-refractivity contribution is 0.296. The maximum absolute atomic E-state index is 8.74. The van der Waals surface area contributed by atoms with E-state index in [0.717, 1.165) is 29.8 Å². The molecule has 2 rings (SSSR count). The number of thioether (sulfide) groups is 1. The average Bonchev–Trinajstić information content (AvgIpc) is 3.13. The molecule has 1 aromatic rings. The van der Waals surface area contributed by atoms with E-state index in [4.69, 9.17) is 5.11 Å². The summed E-state index contributed by atoms with van der Waals surface area (Å²) in [7, 11) is 0. The first-order valence-corrected chi connectivity index (χ1v) is 7.20. The van der Waals surface area contributed by atoms with Crippen molar-refractivity contribution in [1.82, 2.24) is 10.3 Å². The van der Waals surface area contributed by atoms with Gasteiger partial charge >= 0.3 is 0 Å². The molecule has 0 atom stereocenters. The van der Waals surface area contributed by atoms with Crippen LogP contribution in [0.1, 0.15) is 30.4 Å². The summed E-state index contributed by atoms with van der Waals surface area (Å²) in [6, 6.07) is 2.96. The Kier molecular flexibility index (Phi) is 4.83. The van der Waals surface area contributed by atoms with Gasteiger partial charge in [-0.1, -0.05) is 6.07 Å². The number of aliphatic hydroxyl groups is 1. The van der Waals surface area contributed by atoms with Gasteiger partial charge in [0.25, 0.3) is 0 Å². The predicted molar refractivity (Wildman–Crippen MR) is 71.3 cm³/mol. The Bertz CT molecular complexity index is 366. The number of nitrogens with zero attached hydrogens (tertiary/aromatic N) is 1. The van der Waals surface area contributed by atoms with Crippen LogP contribution in [0.5, 0.6) is 0 Å². The molecule has 0 aliphatic heterocycles. The van der Waals surface area contributed by atoms with Gasteiger partial charge in [0.15, 0.2) is 0 Å². The van der Waals surface area contributed by atoms with E-state index in [0.29, 0.717) is 0 Å². The Balaban J connectivity index is 1.85. The molecule has 2 N–H and O–H groups in total. The highest BCUT2D eigenvalue weighted by Gasteiger charge is 2.19. The molecule has 0 aromatic carbocycles. The van der Waals surface area contributed by atoms with Gasteiger partial charge in [0.1, 0.15) is 0 Å². The maximum Gasteiger partial charge on any atom is 0.0989 e. The monoisotopic (exact) mass is 252 g/mol. The third-order valence-electron chi connectivity index (χ3n) is 2.80. The number of aryl methyl sites for hydroxylation is 1. The Labute approximate surface area is 107 Å². The zero-order valence-corrected chi connectivity index (χ0v) is 11.1. The molecule has 1 saturated carbocycles. The molecule has 3 nitrogen and oxygen atoms in total. The summed E-state index contributed by atoms with van der Waals surface area (Å²) in [4.78, 5) is 4.49. The minimum Gasteiger partial charge on any atom is -0.396 e. The van der Waals surface area contributed by atoms with Gasteiger partial charge in [0, 0.05) is 31.1 Å². The predicted octanol–water partition coefficient (Wildman–Crippen LogP) is 2.12. The summed E-state index contributed by atoms with van der Waals surface area (Å²) in [5, 5.41) is 13.3. The Morgan fingerprint density at radius 3 is 3.00 bits per heavy atom. The fourth-order valence-corrected chi connectivity index (χ4v) is 2.53. The highest BCUT2D eigenvalue weighted by atomic mass is 32.2. The fraction of sp³-hybridized carbons (Fsp3) is 0.615. The maximum atomic E-state index is 8.74. The summed E-state index contributed by atoms with van der Waals surface area (Å²) < 4.78 is 0. The van der Waals surface area contributed by atoms with Crippen LogP contribution in [0.25, 0.3) is 0 Å². The first-order valence-electron chi connectivity index (χ1n) is 6.22. The van der Waals surface area contributed by atoms with Crippen LogP contribution in [0.15, 0.2) is 17.3 Å². The van der Waals surface area contributed by atoms with Gasteiger partial charge in [0.05, 0.1) is 5.03 Å². The van der Waals surface area contributed by atoms with Crippen LogP contribution in [0.3, 0.4) is 0 Å². The third-order valence-corrected chi connectivity index (χ3v) is 3.99. The van der Waals surface area contributed by atoms with Crippen LogP contribution in [0, 0.1) is 6.92 Å². The van der Waals surface area contributed by atoms with Gasteiger partial charge in [-0.15, -0.1) is 11.8 Å². The lowest BCUT2D eigenvalue weighted by Gasteiger charge is -2.07. The van der Waals surface area contributed by atoms with E-state index in [9.17, 15) is 0 Å². The summed E-state index contributed by atoms with van der Waals surface area (Å²) in [6.45, 7) is 3.30. The molecule has 1 aliphatic rings. The highest BCUT2D eigenvalue weighted by molar-refractivity contribution is 7.99. The minimum atomic E-state index is 0.259. The second kappa shape index (κ2) is 6.38. The zero-order valence-electron chi connectivity index (χ0n) is 10.3. The number of rotatable bonds is 7. The van der Waals surface area contributed by atoms with Gasteiger partial charge in [-0.2, -0.15) is 0 Å². The first-order chi connectivity index (χ1) is 8.29. The molecule has 1 fully saturated rings. The normalized spacial score (nSPS) is 15.2. The molecule has 0 amide bonds. The molecule has 1 aliphatic carbocycles. The van der Waals surface area contributed by atoms with Crippen molar-refractivity contribution >= 4 is 11.8 Å². The second-order valence-corrected chi connectivity index (χ2v) is 5.63. The van der Waals surface area contributed by atoms with Crippen molar-refractivity contribution in [3.8, 4) is 0 Å². The summed E-state index contributed by atoms with van der Waals surface area (Å²) >= 11 is 1.73. The molecule has 1 aromatic heterocycles. The van der Waals surface area contributed by atoms with Crippen molar-refractivity contribution in [3.05, 3.63) is 23.4 Å². The van der Waals surface area contributed by atoms with Gasteiger partial charge in [0.2, 0.25) is 0 Å². The molecule has 0 bridgehead atoms. The number of hydrogen-bond donors (Lipinski definition) is 2. The van der Waals surface area contributed by atoms with E-state index in [-0.39, 0.29) is 6.61 Å². The van der Waals surface area contributed by atoms with Crippen LogP contribution in [0.2, 0.25) is 0 Å². The van der Waals surface area contributed by atoms with E-state index in [2.05, 4.69) is 23.3 Å². The molecular weight excluding hydrogens is 232 g/mol. The largest absolute Gasteiger partial charge is 0.396 e. The number of nitrogens with one attached hydrogen (secondary N) is 1. The molecule has 0 unspecified atom stereocenters. The molecule has 94 valence electrons. The quantitative estimate of drug-likeness (QED) is 0.576. The minimum absolute atomic E-state index is 0.259. The highest BCUT2D eigenvalue weighted by Crippen LogP contribution is 2.22. The van der Waals surface area contributed by atoms with Crippen molar-refractivity contribution in [3.63, 3.8) is 0 Å². The van der Waals surface area contributed by atoms with Gasteiger partial charge in [-0.05, 0) is 37.3 Å². The lowest BCUT2D eigenvalue weighted by Crippen LogP contribution is -2.15. The van der Waals surface area contributed by atoms with Crippen LogP contribution >= 0.6 is 11.8 Å². The van der Waals surface area contributed by atoms with Gasteiger partial charge in [-0.3, -0.25) is 0 Å². The van der Waals surface area contributed by atoms with Crippen molar-refractivity contribution in [2.75, 3.05) is 12.4 Å². The van der Waals surface area contributed by atoms with Crippen LogP contribution < -0.4 is 5.32 Å². The van der Waals surface area contributed by atoms with Crippen LogP contribution in [0.4, 0.5) is 0 Å². The average molecular weight is 252 g/mol. The summed E-state index contributed by atoms with van der Waals surface area (Å²) in [6.07, 6.45) is 5.43. The summed E-state index contributed by atoms with van der Waals surface area (Å²) in [5.74, 6) is 0.935. The van der Waals surface area contributed by atoms with Crippen molar-refractivity contribution < 1.29 is 5.11 Å². The van der Waals surface area contributed by atoms with Crippen molar-refractivity contribution in [2.45, 2.75) is 43.8 Å². The zero-order chi connectivity index (χ0) is 12.1. The van der Waals surface area contributed by atoms with Crippen LogP contribution in [-0.4, -0.2) is 28.5 Å². The molecule has 1 heterocycles. The Morgan fingerprint density at radius 1 is 1.53 bits per heavy atom. The second-order valence-electron chi connectivity index (χ2n) is 4.55. The summed E-state index contributed by atoms with van der Waals surface area (Å²) in [5.41, 5.74) is 2.50. The topological polar surface area (TPSA) is 45.2 Å². The van der Waals surface area contributed by atoms with Gasteiger partial charge < -0.3 is 10.4 Å². The number of aromatic nitrogens is 1.